The molecule has 90 valence electrons. The Morgan fingerprint density at radius 3 is 2.67 bits per heavy atom. The van der Waals surface area contributed by atoms with Gasteiger partial charge < -0.3 is 19.5 Å². The number of rotatable bonds is 10. The molecular weight excluding hydrogens is 198 g/mol. The number of nitrogens with one attached hydrogen (secondary N) is 1. The molecule has 0 saturated carbocycles. The fourth-order valence-electron chi connectivity index (χ4n) is 0.915. The molecule has 0 bridgehead atoms. The second-order valence-corrected chi connectivity index (χ2v) is 2.91. The highest BCUT2D eigenvalue weighted by Gasteiger charge is 2.00. The Kier molecular flexibility index (Phi) is 10.9. The molecule has 0 aliphatic rings. The fourth-order valence-corrected chi connectivity index (χ4v) is 0.915. The summed E-state index contributed by atoms with van der Waals surface area (Å²) in [6.07, 6.45) is 0.385. The Morgan fingerprint density at radius 1 is 1.20 bits per heavy atom. The van der Waals surface area contributed by atoms with E-state index in [9.17, 15) is 4.79 Å². The third-order valence-electron chi connectivity index (χ3n) is 1.68. The molecule has 15 heavy (non-hydrogen) atoms. The average Bonchev–Trinajstić information content (AvgIpc) is 2.23. The van der Waals surface area contributed by atoms with E-state index in [-0.39, 0.29) is 5.97 Å². The predicted octanol–water partition coefficient (Wildman–Crippen LogP) is 0.192. The number of hydrogen-bond acceptors (Lipinski definition) is 5. The number of methoxy groups -OCH3 is 1. The van der Waals surface area contributed by atoms with Gasteiger partial charge in [-0.15, -0.1) is 0 Å². The molecule has 0 aliphatic heterocycles. The summed E-state index contributed by atoms with van der Waals surface area (Å²) in [5, 5.41) is 3.08. The van der Waals surface area contributed by atoms with Crippen molar-refractivity contribution in [1.82, 2.24) is 5.32 Å². The second kappa shape index (κ2) is 11.4. The summed E-state index contributed by atoms with van der Waals surface area (Å²) in [5.41, 5.74) is 0. The Balaban J connectivity index is 3.10. The van der Waals surface area contributed by atoms with E-state index in [1.54, 1.807) is 7.11 Å². The molecule has 1 N–H and O–H groups in total. The molecule has 0 unspecified atom stereocenters. The van der Waals surface area contributed by atoms with Crippen LogP contribution in [-0.4, -0.2) is 52.6 Å². The van der Waals surface area contributed by atoms with Crippen LogP contribution in [0.2, 0.25) is 0 Å². The number of esters is 1. The number of ether oxygens (including phenoxy) is 3. The van der Waals surface area contributed by atoms with Crippen LogP contribution in [0.5, 0.6) is 0 Å². The van der Waals surface area contributed by atoms with Crippen molar-refractivity contribution in [2.75, 3.05) is 46.6 Å². The van der Waals surface area contributed by atoms with Crippen LogP contribution in [0.3, 0.4) is 0 Å². The molecule has 0 fully saturated rings. The first-order chi connectivity index (χ1) is 7.31. The Bertz CT molecular complexity index is 152. The van der Waals surface area contributed by atoms with Gasteiger partial charge in [-0.05, 0) is 6.92 Å². The summed E-state index contributed by atoms with van der Waals surface area (Å²) < 4.78 is 14.8. The van der Waals surface area contributed by atoms with Crippen LogP contribution in [0, 0.1) is 0 Å². The molecule has 0 rings (SSSR count). The summed E-state index contributed by atoms with van der Waals surface area (Å²) in [5.74, 6) is -0.198. The normalized spacial score (nSPS) is 10.3. The van der Waals surface area contributed by atoms with Gasteiger partial charge in [0.25, 0.3) is 0 Å². The number of hydrogen-bond donors (Lipinski definition) is 1. The average molecular weight is 219 g/mol. The lowest BCUT2D eigenvalue weighted by Gasteiger charge is -2.05. The van der Waals surface area contributed by atoms with E-state index in [1.807, 2.05) is 6.92 Å². The van der Waals surface area contributed by atoms with E-state index in [1.165, 1.54) is 0 Å². The van der Waals surface area contributed by atoms with E-state index in [0.717, 1.165) is 13.2 Å². The van der Waals surface area contributed by atoms with Crippen molar-refractivity contribution >= 4 is 5.97 Å². The SMILES string of the molecule is CCOCCNCCC(=O)OCCOC. The van der Waals surface area contributed by atoms with Gasteiger partial charge in [-0.3, -0.25) is 4.79 Å². The van der Waals surface area contributed by atoms with Crippen molar-refractivity contribution in [3.8, 4) is 0 Å². The van der Waals surface area contributed by atoms with Crippen LogP contribution in [0.1, 0.15) is 13.3 Å². The lowest BCUT2D eigenvalue weighted by molar-refractivity contribution is -0.144. The van der Waals surface area contributed by atoms with Gasteiger partial charge in [-0.1, -0.05) is 0 Å². The largest absolute Gasteiger partial charge is 0.463 e. The summed E-state index contributed by atoms with van der Waals surface area (Å²) >= 11 is 0. The molecule has 0 spiro atoms. The third kappa shape index (κ3) is 11.3. The van der Waals surface area contributed by atoms with Crippen molar-refractivity contribution in [2.45, 2.75) is 13.3 Å². The van der Waals surface area contributed by atoms with Crippen LogP contribution >= 0.6 is 0 Å². The van der Waals surface area contributed by atoms with Gasteiger partial charge in [0.1, 0.15) is 6.61 Å². The fraction of sp³-hybridized carbons (Fsp3) is 0.900. The van der Waals surface area contributed by atoms with Gasteiger partial charge in [0.05, 0.1) is 19.6 Å². The molecule has 0 aromatic rings. The van der Waals surface area contributed by atoms with Crippen LogP contribution in [-0.2, 0) is 19.0 Å². The monoisotopic (exact) mass is 219 g/mol. The number of carbonyl (C=O) groups excluding carboxylic acids is 1. The molecule has 0 heterocycles. The predicted molar refractivity (Wildman–Crippen MR) is 56.8 cm³/mol. The first-order valence-corrected chi connectivity index (χ1v) is 5.24. The van der Waals surface area contributed by atoms with Crippen molar-refractivity contribution in [2.24, 2.45) is 0 Å². The Labute approximate surface area is 91.1 Å². The molecule has 0 atom stereocenters. The first kappa shape index (κ1) is 14.3. The maximum absolute atomic E-state index is 11.1. The van der Waals surface area contributed by atoms with Crippen molar-refractivity contribution in [1.29, 1.82) is 0 Å². The van der Waals surface area contributed by atoms with E-state index in [4.69, 9.17) is 14.2 Å². The molecule has 0 radical (unpaired) electrons. The highest BCUT2D eigenvalue weighted by molar-refractivity contribution is 5.69. The van der Waals surface area contributed by atoms with E-state index >= 15 is 0 Å². The zero-order chi connectivity index (χ0) is 11.4. The van der Waals surface area contributed by atoms with Crippen LogP contribution in [0.25, 0.3) is 0 Å². The van der Waals surface area contributed by atoms with Crippen molar-refractivity contribution < 1.29 is 19.0 Å². The van der Waals surface area contributed by atoms with Crippen LogP contribution in [0.15, 0.2) is 0 Å². The molecule has 0 aromatic carbocycles. The molecule has 0 saturated heterocycles. The Hall–Kier alpha value is -0.650. The summed E-state index contributed by atoms with van der Waals surface area (Å²) in [7, 11) is 1.57. The van der Waals surface area contributed by atoms with Gasteiger partial charge >= 0.3 is 5.97 Å². The van der Waals surface area contributed by atoms with Gasteiger partial charge in [0.15, 0.2) is 0 Å². The minimum atomic E-state index is -0.198. The molecule has 5 heteroatoms. The third-order valence-corrected chi connectivity index (χ3v) is 1.68. The zero-order valence-electron chi connectivity index (χ0n) is 9.58. The maximum Gasteiger partial charge on any atom is 0.307 e. The standard InChI is InChI=1S/C10H21NO4/c1-3-14-7-6-11-5-4-10(12)15-9-8-13-2/h11H,3-9H2,1-2H3. The highest BCUT2D eigenvalue weighted by Crippen LogP contribution is 1.85. The van der Waals surface area contributed by atoms with E-state index in [0.29, 0.717) is 32.8 Å². The van der Waals surface area contributed by atoms with E-state index < -0.39 is 0 Å². The van der Waals surface area contributed by atoms with Gasteiger partial charge in [0.2, 0.25) is 0 Å². The first-order valence-electron chi connectivity index (χ1n) is 5.24. The molecular formula is C10H21NO4. The van der Waals surface area contributed by atoms with Crippen molar-refractivity contribution in [3.05, 3.63) is 0 Å². The lowest BCUT2D eigenvalue weighted by atomic mass is 10.4. The molecule has 0 amide bonds. The minimum Gasteiger partial charge on any atom is -0.463 e. The Morgan fingerprint density at radius 2 is 2.00 bits per heavy atom. The second-order valence-electron chi connectivity index (χ2n) is 2.91. The summed E-state index contributed by atoms with van der Waals surface area (Å²) in [4.78, 5) is 11.1. The van der Waals surface area contributed by atoms with Gasteiger partial charge in [-0.25, -0.2) is 0 Å². The van der Waals surface area contributed by atoms with Crippen molar-refractivity contribution in [3.63, 3.8) is 0 Å². The summed E-state index contributed by atoms with van der Waals surface area (Å²) in [6, 6.07) is 0. The van der Waals surface area contributed by atoms with Gasteiger partial charge in [-0.2, -0.15) is 0 Å². The topological polar surface area (TPSA) is 56.8 Å². The van der Waals surface area contributed by atoms with E-state index in [2.05, 4.69) is 5.32 Å². The van der Waals surface area contributed by atoms with Crippen LogP contribution in [0.4, 0.5) is 0 Å². The minimum absolute atomic E-state index is 0.198. The van der Waals surface area contributed by atoms with Gasteiger partial charge in [0, 0.05) is 26.8 Å². The molecule has 0 aromatic heterocycles. The maximum atomic E-state index is 11.1. The van der Waals surface area contributed by atoms with Crippen LogP contribution < -0.4 is 5.32 Å². The molecule has 0 aliphatic carbocycles. The quantitative estimate of drug-likeness (QED) is 0.420. The lowest BCUT2D eigenvalue weighted by Crippen LogP contribution is -2.23. The zero-order valence-corrected chi connectivity index (χ0v) is 9.58. The smallest absolute Gasteiger partial charge is 0.307 e. The summed E-state index contributed by atoms with van der Waals surface area (Å²) in [6.45, 7) is 5.51. The number of carbonyl (C=O) groups is 1. The molecule has 5 nitrogen and oxygen atoms in total. The highest BCUT2D eigenvalue weighted by atomic mass is 16.6.